The summed E-state index contributed by atoms with van der Waals surface area (Å²) in [4.78, 5) is -0.391. The molecule has 0 saturated carbocycles. The fraction of sp³-hybridized carbons (Fsp3) is 0.333. The lowest BCUT2D eigenvalue weighted by molar-refractivity contribution is 0.587. The predicted octanol–water partition coefficient (Wildman–Crippen LogP) is -0.0477. The average Bonchev–Trinajstić information content (AvgIpc) is 2.13. The van der Waals surface area contributed by atoms with Crippen LogP contribution in [0.4, 0.5) is 0 Å². The Morgan fingerprint density at radius 1 is 1.06 bits per heavy atom. The second kappa shape index (κ2) is 4.15. The SMILES string of the molecule is CS(=O)(=O)c1cccc(CN)c1S(C)(=O)=O. The van der Waals surface area contributed by atoms with Crippen LogP contribution in [-0.4, -0.2) is 29.3 Å². The summed E-state index contributed by atoms with van der Waals surface area (Å²) in [5.41, 5.74) is 5.71. The van der Waals surface area contributed by atoms with E-state index in [4.69, 9.17) is 5.73 Å². The van der Waals surface area contributed by atoms with Crippen molar-refractivity contribution < 1.29 is 16.8 Å². The zero-order valence-electron chi connectivity index (χ0n) is 8.97. The molecule has 0 atom stereocenters. The molecular formula is C9H13NO4S2. The third kappa shape index (κ3) is 2.60. The van der Waals surface area contributed by atoms with Crippen LogP contribution in [0.1, 0.15) is 5.56 Å². The summed E-state index contributed by atoms with van der Waals surface area (Å²) in [6.45, 7) is -0.0221. The van der Waals surface area contributed by atoms with Gasteiger partial charge in [0.2, 0.25) is 0 Å². The van der Waals surface area contributed by atoms with Gasteiger partial charge in [0.05, 0.1) is 9.79 Å². The van der Waals surface area contributed by atoms with Crippen LogP contribution in [0.25, 0.3) is 0 Å². The van der Waals surface area contributed by atoms with Gasteiger partial charge >= 0.3 is 0 Å². The van der Waals surface area contributed by atoms with Gasteiger partial charge in [-0.05, 0) is 11.6 Å². The average molecular weight is 263 g/mol. The van der Waals surface area contributed by atoms with E-state index in [1.54, 1.807) is 0 Å². The lowest BCUT2D eigenvalue weighted by atomic mass is 10.2. The summed E-state index contributed by atoms with van der Waals surface area (Å²) >= 11 is 0. The van der Waals surface area contributed by atoms with Crippen molar-refractivity contribution in [3.63, 3.8) is 0 Å². The summed E-state index contributed by atoms with van der Waals surface area (Å²) in [5.74, 6) is 0. The molecule has 0 heterocycles. The number of benzene rings is 1. The van der Waals surface area contributed by atoms with Crippen molar-refractivity contribution in [3.8, 4) is 0 Å². The second-order valence-electron chi connectivity index (χ2n) is 3.49. The third-order valence-electron chi connectivity index (χ3n) is 2.05. The molecule has 16 heavy (non-hydrogen) atoms. The van der Waals surface area contributed by atoms with Crippen molar-refractivity contribution in [1.82, 2.24) is 0 Å². The summed E-state index contributed by atoms with van der Waals surface area (Å²) in [7, 11) is -7.20. The Hall–Kier alpha value is -0.920. The Bertz CT molecular complexity index is 602. The number of rotatable bonds is 3. The third-order valence-corrected chi connectivity index (χ3v) is 4.54. The molecule has 0 fully saturated rings. The van der Waals surface area contributed by atoms with Gasteiger partial charge in [0.1, 0.15) is 0 Å². The monoisotopic (exact) mass is 263 g/mol. The molecule has 0 aliphatic carbocycles. The summed E-state index contributed by atoms with van der Waals surface area (Å²) < 4.78 is 46.0. The molecule has 0 amide bonds. The van der Waals surface area contributed by atoms with Crippen LogP contribution in [0, 0.1) is 0 Å². The van der Waals surface area contributed by atoms with Crippen molar-refractivity contribution in [3.05, 3.63) is 23.8 Å². The minimum Gasteiger partial charge on any atom is -0.326 e. The molecular weight excluding hydrogens is 250 g/mol. The van der Waals surface area contributed by atoms with E-state index in [1.807, 2.05) is 0 Å². The van der Waals surface area contributed by atoms with Crippen LogP contribution in [0.5, 0.6) is 0 Å². The molecule has 1 rings (SSSR count). The van der Waals surface area contributed by atoms with E-state index in [1.165, 1.54) is 18.2 Å². The van der Waals surface area contributed by atoms with Gasteiger partial charge in [-0.15, -0.1) is 0 Å². The summed E-state index contributed by atoms with van der Waals surface area (Å²) in [5, 5.41) is 0. The maximum Gasteiger partial charge on any atom is 0.177 e. The number of nitrogens with two attached hydrogens (primary N) is 1. The van der Waals surface area contributed by atoms with E-state index in [0.29, 0.717) is 5.56 Å². The molecule has 1 aromatic rings. The van der Waals surface area contributed by atoms with Crippen molar-refractivity contribution in [2.24, 2.45) is 5.73 Å². The first-order valence-electron chi connectivity index (χ1n) is 4.40. The fourth-order valence-electron chi connectivity index (χ4n) is 1.43. The van der Waals surface area contributed by atoms with Gasteiger partial charge in [0, 0.05) is 19.1 Å². The smallest absolute Gasteiger partial charge is 0.177 e. The number of hydrogen-bond donors (Lipinski definition) is 1. The van der Waals surface area contributed by atoms with Crippen LogP contribution in [-0.2, 0) is 26.2 Å². The highest BCUT2D eigenvalue weighted by Crippen LogP contribution is 2.24. The Kier molecular flexibility index (Phi) is 3.41. The van der Waals surface area contributed by atoms with E-state index in [2.05, 4.69) is 0 Å². The van der Waals surface area contributed by atoms with E-state index >= 15 is 0 Å². The van der Waals surface area contributed by atoms with Crippen molar-refractivity contribution >= 4 is 19.7 Å². The summed E-state index contributed by atoms with van der Waals surface area (Å²) in [6, 6.07) is 4.25. The maximum absolute atomic E-state index is 11.6. The van der Waals surface area contributed by atoms with Crippen LogP contribution < -0.4 is 5.73 Å². The van der Waals surface area contributed by atoms with Crippen LogP contribution in [0.15, 0.2) is 28.0 Å². The van der Waals surface area contributed by atoms with Gasteiger partial charge in [-0.25, -0.2) is 16.8 Å². The summed E-state index contributed by atoms with van der Waals surface area (Å²) in [6.07, 6.45) is 1.94. The highest BCUT2D eigenvalue weighted by Gasteiger charge is 2.23. The van der Waals surface area contributed by atoms with Crippen LogP contribution >= 0.6 is 0 Å². The molecule has 2 N–H and O–H groups in total. The molecule has 1 aromatic carbocycles. The topological polar surface area (TPSA) is 94.3 Å². The molecule has 0 aromatic heterocycles. The zero-order chi connectivity index (χ0) is 12.6. The van der Waals surface area contributed by atoms with Crippen molar-refractivity contribution in [1.29, 1.82) is 0 Å². The van der Waals surface area contributed by atoms with Gasteiger partial charge < -0.3 is 5.73 Å². The first kappa shape index (κ1) is 13.1. The standard InChI is InChI=1S/C9H13NO4S2/c1-15(11,12)8-5-3-4-7(6-10)9(8)16(2,13)14/h3-5H,6,10H2,1-2H3. The van der Waals surface area contributed by atoms with E-state index in [9.17, 15) is 16.8 Å². The number of hydrogen-bond acceptors (Lipinski definition) is 5. The Balaban J connectivity index is 3.79. The molecule has 5 nitrogen and oxygen atoms in total. The Labute approximate surface area is 95.1 Å². The minimum absolute atomic E-state index is 0.0221. The lowest BCUT2D eigenvalue weighted by Crippen LogP contribution is -2.12. The molecule has 0 bridgehead atoms. The molecule has 0 radical (unpaired) electrons. The predicted molar refractivity (Wildman–Crippen MR) is 60.6 cm³/mol. The molecule has 0 spiro atoms. The highest BCUT2D eigenvalue weighted by atomic mass is 32.2. The van der Waals surface area contributed by atoms with E-state index in [0.717, 1.165) is 12.5 Å². The van der Waals surface area contributed by atoms with Crippen molar-refractivity contribution in [2.75, 3.05) is 12.5 Å². The quantitative estimate of drug-likeness (QED) is 0.825. The first-order valence-corrected chi connectivity index (χ1v) is 8.18. The van der Waals surface area contributed by atoms with E-state index < -0.39 is 19.7 Å². The maximum atomic E-state index is 11.6. The Morgan fingerprint density at radius 3 is 2.00 bits per heavy atom. The number of sulfone groups is 2. The molecule has 90 valence electrons. The molecule has 0 aliphatic heterocycles. The second-order valence-corrected chi connectivity index (χ2v) is 7.43. The molecule has 0 aliphatic rings. The van der Waals surface area contributed by atoms with Crippen LogP contribution in [0.2, 0.25) is 0 Å². The minimum atomic E-state index is -3.62. The van der Waals surface area contributed by atoms with Gasteiger partial charge in [0.15, 0.2) is 19.7 Å². The van der Waals surface area contributed by atoms with Gasteiger partial charge in [-0.1, -0.05) is 12.1 Å². The Morgan fingerprint density at radius 2 is 1.62 bits per heavy atom. The normalized spacial score (nSPS) is 12.7. The fourth-order valence-corrected chi connectivity index (χ4v) is 4.20. The zero-order valence-corrected chi connectivity index (χ0v) is 10.6. The lowest BCUT2D eigenvalue weighted by Gasteiger charge is -2.10. The largest absolute Gasteiger partial charge is 0.326 e. The van der Waals surface area contributed by atoms with Crippen molar-refractivity contribution in [2.45, 2.75) is 16.3 Å². The van der Waals surface area contributed by atoms with Crippen LogP contribution in [0.3, 0.4) is 0 Å². The molecule has 0 unspecified atom stereocenters. The van der Waals surface area contributed by atoms with Gasteiger partial charge in [-0.3, -0.25) is 0 Å². The highest BCUT2D eigenvalue weighted by molar-refractivity contribution is 7.93. The first-order chi connectivity index (χ1) is 7.18. The van der Waals surface area contributed by atoms with E-state index in [-0.39, 0.29) is 16.3 Å². The van der Waals surface area contributed by atoms with Gasteiger partial charge in [0.25, 0.3) is 0 Å². The van der Waals surface area contributed by atoms with Gasteiger partial charge in [-0.2, -0.15) is 0 Å². The molecule has 7 heteroatoms. The molecule has 0 saturated heterocycles.